The van der Waals surface area contributed by atoms with Gasteiger partial charge in [0.1, 0.15) is 5.76 Å². The molecule has 3 amide bonds. The molecule has 1 heterocycles. The highest BCUT2D eigenvalue weighted by atomic mass is 16.5. The van der Waals surface area contributed by atoms with Crippen LogP contribution < -0.4 is 16.0 Å². The van der Waals surface area contributed by atoms with E-state index in [9.17, 15) is 9.59 Å². The second kappa shape index (κ2) is 6.15. The van der Waals surface area contributed by atoms with E-state index in [0.717, 1.165) is 17.0 Å². The first kappa shape index (κ1) is 14.2. The van der Waals surface area contributed by atoms with E-state index in [1.165, 1.54) is 7.05 Å². The van der Waals surface area contributed by atoms with Crippen molar-refractivity contribution in [1.29, 1.82) is 0 Å². The quantitative estimate of drug-likeness (QED) is 0.714. The van der Waals surface area contributed by atoms with E-state index in [0.29, 0.717) is 6.54 Å². The third-order valence-corrected chi connectivity index (χ3v) is 2.62. The molecule has 0 saturated carbocycles. The molecule has 1 rings (SSSR count). The van der Waals surface area contributed by atoms with Crippen molar-refractivity contribution >= 4 is 11.9 Å². The minimum absolute atomic E-state index is 0.388. The number of aromatic nitrogens is 1. The van der Waals surface area contributed by atoms with Crippen LogP contribution in [0.5, 0.6) is 0 Å². The second-order valence-corrected chi connectivity index (χ2v) is 3.97. The van der Waals surface area contributed by atoms with Crippen LogP contribution in [-0.2, 0) is 11.3 Å². The van der Waals surface area contributed by atoms with Gasteiger partial charge in [-0.3, -0.25) is 10.1 Å². The number of carbonyl (C=O) groups is 2. The topological polar surface area (TPSA) is 96.3 Å². The van der Waals surface area contributed by atoms with Crippen molar-refractivity contribution in [2.24, 2.45) is 0 Å². The lowest BCUT2D eigenvalue weighted by Gasteiger charge is -2.12. The first-order valence-corrected chi connectivity index (χ1v) is 5.63. The summed E-state index contributed by atoms with van der Waals surface area (Å²) in [6.45, 7) is 5.79. The molecular weight excluding hydrogens is 236 g/mol. The number of urea groups is 1. The van der Waals surface area contributed by atoms with Crippen LogP contribution in [-0.4, -0.2) is 30.2 Å². The summed E-state index contributed by atoms with van der Waals surface area (Å²) in [6, 6.07) is -1.01. The van der Waals surface area contributed by atoms with Gasteiger partial charge in [-0.2, -0.15) is 0 Å². The molecule has 1 aromatic rings. The molecule has 0 fully saturated rings. The predicted molar refractivity (Wildman–Crippen MR) is 64.9 cm³/mol. The lowest BCUT2D eigenvalue weighted by molar-refractivity contribution is -0.121. The SMILES string of the molecule is CNC(=O)NC(=O)C(C)NCc1c(C)noc1C. The average Bonchev–Trinajstić information content (AvgIpc) is 2.65. The van der Waals surface area contributed by atoms with Crippen LogP contribution in [0.15, 0.2) is 4.52 Å². The molecule has 0 aromatic carbocycles. The lowest BCUT2D eigenvalue weighted by atomic mass is 10.2. The number of nitrogens with zero attached hydrogens (tertiary/aromatic N) is 1. The van der Waals surface area contributed by atoms with Crippen LogP contribution in [0.3, 0.4) is 0 Å². The summed E-state index contributed by atoms with van der Waals surface area (Å²) in [5, 5.41) is 11.3. The van der Waals surface area contributed by atoms with Gasteiger partial charge in [0.15, 0.2) is 0 Å². The molecule has 0 aliphatic carbocycles. The van der Waals surface area contributed by atoms with Crippen molar-refractivity contribution in [3.63, 3.8) is 0 Å². The van der Waals surface area contributed by atoms with E-state index in [1.54, 1.807) is 6.92 Å². The van der Waals surface area contributed by atoms with Crippen LogP contribution in [0, 0.1) is 13.8 Å². The van der Waals surface area contributed by atoms with E-state index in [1.807, 2.05) is 13.8 Å². The van der Waals surface area contributed by atoms with Crippen LogP contribution in [0.2, 0.25) is 0 Å². The standard InChI is InChI=1S/C11H18N4O3/c1-6-9(8(3)18-15-6)5-13-7(2)10(16)14-11(17)12-4/h7,13H,5H2,1-4H3,(H2,12,14,16,17). The largest absolute Gasteiger partial charge is 0.361 e. The normalized spacial score (nSPS) is 12.0. The average molecular weight is 254 g/mol. The van der Waals surface area contributed by atoms with Crippen molar-refractivity contribution < 1.29 is 14.1 Å². The molecule has 0 aliphatic rings. The molecular formula is C11H18N4O3. The number of carbonyl (C=O) groups excluding carboxylic acids is 2. The first-order chi connectivity index (χ1) is 8.45. The van der Waals surface area contributed by atoms with Crippen molar-refractivity contribution in [1.82, 2.24) is 21.1 Å². The Balaban J connectivity index is 2.48. The minimum Gasteiger partial charge on any atom is -0.361 e. The maximum Gasteiger partial charge on any atom is 0.321 e. The summed E-state index contributed by atoms with van der Waals surface area (Å²) < 4.78 is 5.02. The summed E-state index contributed by atoms with van der Waals surface area (Å²) >= 11 is 0. The Morgan fingerprint density at radius 2 is 2.06 bits per heavy atom. The highest BCUT2D eigenvalue weighted by Crippen LogP contribution is 2.11. The number of hydrogen-bond donors (Lipinski definition) is 3. The second-order valence-electron chi connectivity index (χ2n) is 3.97. The van der Waals surface area contributed by atoms with E-state index in [4.69, 9.17) is 4.52 Å². The first-order valence-electron chi connectivity index (χ1n) is 5.63. The van der Waals surface area contributed by atoms with E-state index >= 15 is 0 Å². The fourth-order valence-electron chi connectivity index (χ4n) is 1.38. The fraction of sp³-hybridized carbons (Fsp3) is 0.545. The monoisotopic (exact) mass is 254 g/mol. The molecule has 0 bridgehead atoms. The number of nitrogens with one attached hydrogen (secondary N) is 3. The number of rotatable bonds is 4. The fourth-order valence-corrected chi connectivity index (χ4v) is 1.38. The smallest absolute Gasteiger partial charge is 0.321 e. The van der Waals surface area contributed by atoms with E-state index in [-0.39, 0.29) is 5.91 Å². The zero-order chi connectivity index (χ0) is 13.7. The summed E-state index contributed by atoms with van der Waals surface area (Å²) in [5.41, 5.74) is 1.72. The highest BCUT2D eigenvalue weighted by molar-refractivity contribution is 5.96. The molecule has 100 valence electrons. The van der Waals surface area contributed by atoms with Crippen LogP contribution in [0.25, 0.3) is 0 Å². The maximum atomic E-state index is 11.6. The molecule has 0 saturated heterocycles. The Morgan fingerprint density at radius 1 is 1.39 bits per heavy atom. The molecule has 7 heteroatoms. The van der Waals surface area contributed by atoms with Gasteiger partial charge in [-0.05, 0) is 20.8 Å². The number of aryl methyl sites for hydroxylation is 2. The zero-order valence-corrected chi connectivity index (χ0v) is 11.0. The summed E-state index contributed by atoms with van der Waals surface area (Å²) in [4.78, 5) is 22.5. The Morgan fingerprint density at radius 3 is 2.56 bits per heavy atom. The molecule has 0 radical (unpaired) electrons. The molecule has 1 atom stereocenters. The van der Waals surface area contributed by atoms with Gasteiger partial charge < -0.3 is 15.2 Å². The highest BCUT2D eigenvalue weighted by Gasteiger charge is 2.16. The van der Waals surface area contributed by atoms with Gasteiger partial charge in [0.25, 0.3) is 0 Å². The maximum absolute atomic E-state index is 11.6. The third-order valence-electron chi connectivity index (χ3n) is 2.62. The number of hydrogen-bond acceptors (Lipinski definition) is 5. The summed E-state index contributed by atoms with van der Waals surface area (Å²) in [6.07, 6.45) is 0. The molecule has 7 nitrogen and oxygen atoms in total. The predicted octanol–water partition coefficient (Wildman–Crippen LogP) is 0.225. The van der Waals surface area contributed by atoms with Crippen molar-refractivity contribution in [3.05, 3.63) is 17.0 Å². The molecule has 0 aliphatic heterocycles. The molecule has 1 aromatic heterocycles. The van der Waals surface area contributed by atoms with Crippen molar-refractivity contribution in [3.8, 4) is 0 Å². The number of imide groups is 1. The Hall–Kier alpha value is -1.89. The molecule has 0 spiro atoms. The van der Waals surface area contributed by atoms with Crippen LogP contribution >= 0.6 is 0 Å². The van der Waals surface area contributed by atoms with Gasteiger partial charge in [0.05, 0.1) is 11.7 Å². The molecule has 18 heavy (non-hydrogen) atoms. The Kier molecular flexibility index (Phi) is 4.85. The van der Waals surface area contributed by atoms with Gasteiger partial charge in [-0.1, -0.05) is 5.16 Å². The molecule has 1 unspecified atom stereocenters. The lowest BCUT2D eigenvalue weighted by Crippen LogP contribution is -2.47. The number of amides is 3. The molecule has 3 N–H and O–H groups in total. The van der Waals surface area contributed by atoms with Gasteiger partial charge in [0.2, 0.25) is 5.91 Å². The van der Waals surface area contributed by atoms with Gasteiger partial charge in [-0.15, -0.1) is 0 Å². The van der Waals surface area contributed by atoms with E-state index < -0.39 is 12.1 Å². The van der Waals surface area contributed by atoms with Gasteiger partial charge >= 0.3 is 6.03 Å². The van der Waals surface area contributed by atoms with Crippen LogP contribution in [0.1, 0.15) is 23.9 Å². The van der Waals surface area contributed by atoms with Gasteiger partial charge in [-0.25, -0.2) is 4.79 Å². The van der Waals surface area contributed by atoms with E-state index in [2.05, 4.69) is 21.1 Å². The zero-order valence-electron chi connectivity index (χ0n) is 11.0. The van der Waals surface area contributed by atoms with Crippen LogP contribution in [0.4, 0.5) is 4.79 Å². The minimum atomic E-state index is -0.522. The Bertz CT molecular complexity index is 422. The Labute approximate surface area is 105 Å². The summed E-state index contributed by atoms with van der Waals surface area (Å²) in [7, 11) is 1.45. The van der Waals surface area contributed by atoms with Crippen molar-refractivity contribution in [2.75, 3.05) is 7.05 Å². The van der Waals surface area contributed by atoms with Gasteiger partial charge in [0, 0.05) is 19.2 Å². The summed E-state index contributed by atoms with van der Waals surface area (Å²) in [5.74, 6) is 0.333. The third kappa shape index (κ3) is 3.56. The van der Waals surface area contributed by atoms with Crippen molar-refractivity contribution in [2.45, 2.75) is 33.4 Å².